The SMILES string of the molecule is Cc1cc(C)c2cc(O[Si](C)(C)C(C)(C)C)ncc2c1C. The molecule has 0 aliphatic carbocycles. The van der Waals surface area contributed by atoms with Crippen LogP contribution in [0.5, 0.6) is 5.88 Å². The van der Waals surface area contributed by atoms with Gasteiger partial charge in [0.25, 0.3) is 8.32 Å². The van der Waals surface area contributed by atoms with E-state index in [1.165, 1.54) is 27.5 Å². The summed E-state index contributed by atoms with van der Waals surface area (Å²) in [6.07, 6.45) is 1.97. The standard InChI is InChI=1S/C18H27NOSi/c1-12-9-13(2)15-10-17(19-11-16(15)14(12)3)20-21(7,8)18(4,5)6/h9-11H,1-8H3. The largest absolute Gasteiger partial charge is 0.531 e. The lowest BCUT2D eigenvalue weighted by Gasteiger charge is -2.36. The molecule has 2 rings (SSSR count). The minimum atomic E-state index is -1.84. The number of rotatable bonds is 2. The van der Waals surface area contributed by atoms with Crippen LogP contribution in [-0.4, -0.2) is 13.3 Å². The lowest BCUT2D eigenvalue weighted by Crippen LogP contribution is -2.44. The lowest BCUT2D eigenvalue weighted by atomic mass is 9.98. The third kappa shape index (κ3) is 2.98. The van der Waals surface area contributed by atoms with Crippen molar-refractivity contribution in [2.45, 2.75) is 59.7 Å². The van der Waals surface area contributed by atoms with Gasteiger partial charge in [0.1, 0.15) is 0 Å². The molecule has 0 unspecified atom stereocenters. The van der Waals surface area contributed by atoms with E-state index >= 15 is 0 Å². The van der Waals surface area contributed by atoms with E-state index in [9.17, 15) is 0 Å². The average molecular weight is 302 g/mol. The fraction of sp³-hybridized carbons (Fsp3) is 0.500. The maximum Gasteiger partial charge on any atom is 0.252 e. The number of benzene rings is 1. The summed E-state index contributed by atoms with van der Waals surface area (Å²) in [5.41, 5.74) is 3.91. The summed E-state index contributed by atoms with van der Waals surface area (Å²) in [4.78, 5) is 4.56. The highest BCUT2D eigenvalue weighted by Crippen LogP contribution is 2.37. The highest BCUT2D eigenvalue weighted by atomic mass is 28.4. The van der Waals surface area contributed by atoms with E-state index in [0.29, 0.717) is 0 Å². The maximum absolute atomic E-state index is 6.33. The molecule has 0 saturated heterocycles. The Morgan fingerprint density at radius 3 is 2.14 bits per heavy atom. The molecular formula is C18H27NOSi. The van der Waals surface area contributed by atoms with Gasteiger partial charge in [0, 0.05) is 17.6 Å². The fourth-order valence-corrected chi connectivity index (χ4v) is 3.20. The number of aryl methyl sites for hydroxylation is 3. The van der Waals surface area contributed by atoms with Gasteiger partial charge in [-0.2, -0.15) is 0 Å². The Balaban J connectivity index is 2.50. The number of aromatic nitrogens is 1. The van der Waals surface area contributed by atoms with Crippen LogP contribution < -0.4 is 4.43 Å². The van der Waals surface area contributed by atoms with Gasteiger partial charge in [0.2, 0.25) is 0 Å². The number of pyridine rings is 1. The molecule has 1 aromatic carbocycles. The number of hydrogen-bond donors (Lipinski definition) is 0. The third-order valence-electron chi connectivity index (χ3n) is 4.90. The summed E-state index contributed by atoms with van der Waals surface area (Å²) in [5.74, 6) is 0.764. The van der Waals surface area contributed by atoms with Crippen molar-refractivity contribution in [3.8, 4) is 5.88 Å². The molecule has 0 N–H and O–H groups in total. The fourth-order valence-electron chi connectivity index (χ4n) is 2.25. The molecule has 0 aliphatic rings. The Morgan fingerprint density at radius 1 is 0.952 bits per heavy atom. The normalized spacial score (nSPS) is 12.8. The van der Waals surface area contributed by atoms with Gasteiger partial charge in [-0.25, -0.2) is 4.98 Å². The molecule has 1 aromatic heterocycles. The summed E-state index contributed by atoms with van der Waals surface area (Å²) in [5, 5.41) is 2.67. The molecule has 0 aliphatic heterocycles. The predicted octanol–water partition coefficient (Wildman–Crippen LogP) is 5.54. The van der Waals surface area contributed by atoms with E-state index < -0.39 is 8.32 Å². The van der Waals surface area contributed by atoms with Gasteiger partial charge in [-0.3, -0.25) is 0 Å². The Kier molecular flexibility index (Phi) is 3.91. The van der Waals surface area contributed by atoms with Crippen LogP contribution in [0.3, 0.4) is 0 Å². The highest BCUT2D eigenvalue weighted by Gasteiger charge is 2.39. The minimum absolute atomic E-state index is 0.182. The van der Waals surface area contributed by atoms with Gasteiger partial charge in [-0.15, -0.1) is 0 Å². The van der Waals surface area contributed by atoms with Gasteiger partial charge in [-0.05, 0) is 61.0 Å². The van der Waals surface area contributed by atoms with Crippen LogP contribution in [0.2, 0.25) is 18.1 Å². The zero-order valence-electron chi connectivity index (χ0n) is 14.6. The Bertz CT molecular complexity index is 684. The van der Waals surface area contributed by atoms with E-state index in [0.717, 1.165) is 5.88 Å². The molecule has 0 bridgehead atoms. The molecule has 0 spiro atoms. The first-order chi connectivity index (χ1) is 9.53. The molecule has 0 atom stereocenters. The molecule has 0 saturated carbocycles. The van der Waals surface area contributed by atoms with Crippen molar-refractivity contribution in [1.82, 2.24) is 4.98 Å². The first kappa shape index (κ1) is 16.0. The highest BCUT2D eigenvalue weighted by molar-refractivity contribution is 6.74. The zero-order chi connectivity index (χ0) is 16.0. The summed E-state index contributed by atoms with van der Waals surface area (Å²) in [6, 6.07) is 4.35. The molecule has 114 valence electrons. The van der Waals surface area contributed by atoms with E-state index in [1.54, 1.807) is 0 Å². The van der Waals surface area contributed by atoms with Gasteiger partial charge in [0.05, 0.1) is 0 Å². The summed E-state index contributed by atoms with van der Waals surface area (Å²) >= 11 is 0. The molecular weight excluding hydrogens is 274 g/mol. The average Bonchev–Trinajstić information content (AvgIpc) is 2.34. The van der Waals surface area contributed by atoms with Crippen LogP contribution in [0.15, 0.2) is 18.3 Å². The molecule has 0 amide bonds. The maximum atomic E-state index is 6.33. The molecule has 2 aromatic rings. The zero-order valence-corrected chi connectivity index (χ0v) is 15.6. The summed E-state index contributed by atoms with van der Waals surface area (Å²) in [6.45, 7) is 17.7. The van der Waals surface area contributed by atoms with Crippen molar-refractivity contribution in [3.05, 3.63) is 35.0 Å². The minimum Gasteiger partial charge on any atom is -0.531 e. The first-order valence-corrected chi connectivity index (χ1v) is 10.5. The second-order valence-electron chi connectivity index (χ2n) is 7.57. The lowest BCUT2D eigenvalue weighted by molar-refractivity contribution is 0.477. The van der Waals surface area contributed by atoms with Crippen LogP contribution in [0.25, 0.3) is 10.8 Å². The van der Waals surface area contributed by atoms with Crippen molar-refractivity contribution in [3.63, 3.8) is 0 Å². The van der Waals surface area contributed by atoms with Crippen molar-refractivity contribution in [2.75, 3.05) is 0 Å². The summed E-state index contributed by atoms with van der Waals surface area (Å²) in [7, 11) is -1.84. The van der Waals surface area contributed by atoms with Crippen LogP contribution in [0.1, 0.15) is 37.5 Å². The van der Waals surface area contributed by atoms with E-state index in [1.807, 2.05) is 6.20 Å². The Morgan fingerprint density at radius 2 is 1.57 bits per heavy atom. The van der Waals surface area contributed by atoms with Gasteiger partial charge in [0.15, 0.2) is 5.88 Å². The van der Waals surface area contributed by atoms with Gasteiger partial charge < -0.3 is 4.43 Å². The second-order valence-corrected chi connectivity index (χ2v) is 12.3. The summed E-state index contributed by atoms with van der Waals surface area (Å²) < 4.78 is 6.33. The smallest absolute Gasteiger partial charge is 0.252 e. The number of hydrogen-bond acceptors (Lipinski definition) is 2. The van der Waals surface area contributed by atoms with Crippen LogP contribution in [0.4, 0.5) is 0 Å². The number of fused-ring (bicyclic) bond motifs is 1. The monoisotopic (exact) mass is 301 g/mol. The van der Waals surface area contributed by atoms with Crippen molar-refractivity contribution in [1.29, 1.82) is 0 Å². The Hall–Kier alpha value is -1.35. The third-order valence-corrected chi connectivity index (χ3v) is 9.23. The quantitative estimate of drug-likeness (QED) is 0.679. The predicted molar refractivity (Wildman–Crippen MR) is 93.8 cm³/mol. The van der Waals surface area contributed by atoms with E-state index in [-0.39, 0.29) is 5.04 Å². The van der Waals surface area contributed by atoms with Gasteiger partial charge in [-0.1, -0.05) is 26.8 Å². The van der Waals surface area contributed by atoms with Crippen molar-refractivity contribution < 1.29 is 4.43 Å². The van der Waals surface area contributed by atoms with Crippen LogP contribution >= 0.6 is 0 Å². The molecule has 2 nitrogen and oxygen atoms in total. The second kappa shape index (κ2) is 5.13. The molecule has 1 heterocycles. The molecule has 21 heavy (non-hydrogen) atoms. The topological polar surface area (TPSA) is 22.1 Å². The van der Waals surface area contributed by atoms with Gasteiger partial charge >= 0.3 is 0 Å². The van der Waals surface area contributed by atoms with Crippen LogP contribution in [0, 0.1) is 20.8 Å². The van der Waals surface area contributed by atoms with Crippen molar-refractivity contribution >= 4 is 19.1 Å². The van der Waals surface area contributed by atoms with Crippen LogP contribution in [-0.2, 0) is 0 Å². The molecule has 3 heteroatoms. The van der Waals surface area contributed by atoms with E-state index in [4.69, 9.17) is 4.43 Å². The Labute approximate surface area is 129 Å². The number of nitrogens with zero attached hydrogens (tertiary/aromatic N) is 1. The van der Waals surface area contributed by atoms with Crippen molar-refractivity contribution in [2.24, 2.45) is 0 Å². The first-order valence-electron chi connectivity index (χ1n) is 7.58. The molecule has 0 fully saturated rings. The molecule has 0 radical (unpaired) electrons. The van der Waals surface area contributed by atoms with E-state index in [2.05, 4.69) is 71.8 Å².